The number of hydrogen-bond acceptors (Lipinski definition) is 4. The maximum atomic E-state index is 13.7. The van der Waals surface area contributed by atoms with E-state index in [1.807, 2.05) is 31.2 Å². The van der Waals surface area contributed by atoms with Gasteiger partial charge in [0.05, 0.1) is 19.6 Å². The van der Waals surface area contributed by atoms with Crippen molar-refractivity contribution in [1.29, 1.82) is 0 Å². The lowest BCUT2D eigenvalue weighted by Crippen LogP contribution is -2.28. The second-order valence-electron chi connectivity index (χ2n) is 6.00. The Morgan fingerprint density at radius 2 is 1.85 bits per heavy atom. The van der Waals surface area contributed by atoms with E-state index in [1.54, 1.807) is 6.07 Å². The summed E-state index contributed by atoms with van der Waals surface area (Å²) in [4.78, 5) is 23.6. The predicted molar refractivity (Wildman–Crippen MR) is 95.1 cm³/mol. The largest absolute Gasteiger partial charge is 0.494 e. The SMILES string of the molecule is COc1ccc(COC(=O)CC(NC(C)=O)c2ccc(C)cc2)cc1F. The van der Waals surface area contributed by atoms with Crippen LogP contribution < -0.4 is 10.1 Å². The molecule has 5 nitrogen and oxygen atoms in total. The van der Waals surface area contributed by atoms with Crippen LogP contribution in [-0.4, -0.2) is 19.0 Å². The number of ether oxygens (including phenoxy) is 2. The first-order valence-electron chi connectivity index (χ1n) is 8.20. The van der Waals surface area contributed by atoms with Crippen molar-refractivity contribution < 1.29 is 23.5 Å². The van der Waals surface area contributed by atoms with Crippen LogP contribution in [-0.2, 0) is 20.9 Å². The van der Waals surface area contributed by atoms with Crippen LogP contribution in [0.2, 0.25) is 0 Å². The Morgan fingerprint density at radius 1 is 1.15 bits per heavy atom. The molecule has 2 aromatic carbocycles. The Labute approximate surface area is 152 Å². The average molecular weight is 359 g/mol. The van der Waals surface area contributed by atoms with Crippen LogP contribution in [0.3, 0.4) is 0 Å². The van der Waals surface area contributed by atoms with E-state index >= 15 is 0 Å². The molecule has 1 atom stereocenters. The fourth-order valence-corrected chi connectivity index (χ4v) is 2.49. The molecule has 0 radical (unpaired) electrons. The zero-order valence-electron chi connectivity index (χ0n) is 15.0. The Balaban J connectivity index is 1.99. The van der Waals surface area contributed by atoms with Gasteiger partial charge in [-0.1, -0.05) is 35.9 Å². The van der Waals surface area contributed by atoms with Crippen molar-refractivity contribution in [2.45, 2.75) is 32.9 Å². The molecule has 0 aromatic heterocycles. The van der Waals surface area contributed by atoms with Crippen LogP contribution in [0.5, 0.6) is 5.75 Å². The highest BCUT2D eigenvalue weighted by molar-refractivity contribution is 5.76. The number of halogens is 1. The lowest BCUT2D eigenvalue weighted by molar-refractivity contribution is -0.145. The van der Waals surface area contributed by atoms with Crippen LogP contribution in [0, 0.1) is 12.7 Å². The van der Waals surface area contributed by atoms with E-state index in [0.717, 1.165) is 11.1 Å². The minimum atomic E-state index is -0.517. The van der Waals surface area contributed by atoms with Gasteiger partial charge in [0.15, 0.2) is 11.6 Å². The van der Waals surface area contributed by atoms with E-state index < -0.39 is 17.8 Å². The van der Waals surface area contributed by atoms with Gasteiger partial charge in [-0.05, 0) is 30.2 Å². The number of hydrogen-bond donors (Lipinski definition) is 1. The Bertz CT molecular complexity index is 774. The molecule has 6 heteroatoms. The summed E-state index contributed by atoms with van der Waals surface area (Å²) < 4.78 is 23.7. The highest BCUT2D eigenvalue weighted by Gasteiger charge is 2.18. The minimum Gasteiger partial charge on any atom is -0.494 e. The third-order valence-electron chi connectivity index (χ3n) is 3.84. The van der Waals surface area contributed by atoms with Crippen molar-refractivity contribution >= 4 is 11.9 Å². The van der Waals surface area contributed by atoms with Gasteiger partial charge in [-0.15, -0.1) is 0 Å². The second-order valence-corrected chi connectivity index (χ2v) is 6.00. The van der Waals surface area contributed by atoms with Gasteiger partial charge in [-0.2, -0.15) is 0 Å². The molecule has 1 N–H and O–H groups in total. The van der Waals surface area contributed by atoms with E-state index in [4.69, 9.17) is 9.47 Å². The highest BCUT2D eigenvalue weighted by atomic mass is 19.1. The fourth-order valence-electron chi connectivity index (χ4n) is 2.49. The number of aryl methyl sites for hydroxylation is 1. The Morgan fingerprint density at radius 3 is 2.42 bits per heavy atom. The molecule has 0 aliphatic rings. The lowest BCUT2D eigenvalue weighted by atomic mass is 10.0. The maximum absolute atomic E-state index is 13.7. The molecule has 138 valence electrons. The smallest absolute Gasteiger partial charge is 0.308 e. The first kappa shape index (κ1) is 19.4. The molecule has 0 bridgehead atoms. The number of rotatable bonds is 7. The van der Waals surface area contributed by atoms with E-state index in [-0.39, 0.29) is 24.7 Å². The molecule has 0 heterocycles. The summed E-state index contributed by atoms with van der Waals surface area (Å²) in [6.45, 7) is 3.30. The number of methoxy groups -OCH3 is 1. The number of amides is 1. The third kappa shape index (κ3) is 5.58. The monoisotopic (exact) mass is 359 g/mol. The van der Waals surface area contributed by atoms with Gasteiger partial charge in [0.1, 0.15) is 6.61 Å². The van der Waals surface area contributed by atoms with E-state index in [0.29, 0.717) is 5.56 Å². The average Bonchev–Trinajstić information content (AvgIpc) is 2.60. The van der Waals surface area contributed by atoms with Gasteiger partial charge in [-0.3, -0.25) is 9.59 Å². The Hall–Kier alpha value is -2.89. The third-order valence-corrected chi connectivity index (χ3v) is 3.84. The molecular formula is C20H22FNO4. The molecule has 2 aromatic rings. The van der Waals surface area contributed by atoms with Gasteiger partial charge in [0.25, 0.3) is 0 Å². The predicted octanol–water partition coefficient (Wildman–Crippen LogP) is 3.45. The number of benzene rings is 2. The second kappa shape index (κ2) is 8.99. The first-order chi connectivity index (χ1) is 12.4. The number of carbonyl (C=O) groups is 2. The minimum absolute atomic E-state index is 0.0126. The van der Waals surface area contributed by atoms with Crippen molar-refractivity contribution in [1.82, 2.24) is 5.32 Å². The van der Waals surface area contributed by atoms with Crippen molar-refractivity contribution in [3.05, 3.63) is 65.0 Å². The lowest BCUT2D eigenvalue weighted by Gasteiger charge is -2.18. The molecule has 0 fully saturated rings. The quantitative estimate of drug-likeness (QED) is 0.769. The van der Waals surface area contributed by atoms with E-state index in [9.17, 15) is 14.0 Å². The van der Waals surface area contributed by atoms with Gasteiger partial charge in [0.2, 0.25) is 5.91 Å². The number of nitrogens with one attached hydrogen (secondary N) is 1. The van der Waals surface area contributed by atoms with Gasteiger partial charge >= 0.3 is 5.97 Å². The maximum Gasteiger partial charge on any atom is 0.308 e. The molecule has 0 saturated carbocycles. The molecule has 2 rings (SSSR count). The molecular weight excluding hydrogens is 337 g/mol. The summed E-state index contributed by atoms with van der Waals surface area (Å²) in [6, 6.07) is 11.4. The summed E-state index contributed by atoms with van der Waals surface area (Å²) >= 11 is 0. The summed E-state index contributed by atoms with van der Waals surface area (Å²) in [5.41, 5.74) is 2.42. The molecule has 0 aliphatic heterocycles. The van der Waals surface area contributed by atoms with Gasteiger partial charge in [0, 0.05) is 6.92 Å². The summed E-state index contributed by atoms with van der Waals surface area (Å²) in [7, 11) is 1.38. The van der Waals surface area contributed by atoms with Crippen LogP contribution in [0.25, 0.3) is 0 Å². The van der Waals surface area contributed by atoms with Crippen molar-refractivity contribution in [2.75, 3.05) is 7.11 Å². The van der Waals surface area contributed by atoms with E-state index in [2.05, 4.69) is 5.32 Å². The molecule has 26 heavy (non-hydrogen) atoms. The van der Waals surface area contributed by atoms with Gasteiger partial charge in [-0.25, -0.2) is 4.39 Å². The van der Waals surface area contributed by atoms with Crippen molar-refractivity contribution in [3.63, 3.8) is 0 Å². The summed E-state index contributed by atoms with van der Waals surface area (Å²) in [5, 5.41) is 2.75. The Kier molecular flexibility index (Phi) is 6.72. The molecule has 1 amide bonds. The number of carbonyl (C=O) groups excluding carboxylic acids is 2. The van der Waals surface area contributed by atoms with Crippen LogP contribution >= 0.6 is 0 Å². The van der Waals surface area contributed by atoms with Crippen LogP contribution in [0.1, 0.15) is 36.1 Å². The first-order valence-corrected chi connectivity index (χ1v) is 8.20. The van der Waals surface area contributed by atoms with Crippen molar-refractivity contribution in [2.24, 2.45) is 0 Å². The fraction of sp³-hybridized carbons (Fsp3) is 0.300. The zero-order valence-corrected chi connectivity index (χ0v) is 15.0. The van der Waals surface area contributed by atoms with Gasteiger partial charge < -0.3 is 14.8 Å². The number of esters is 1. The van der Waals surface area contributed by atoms with E-state index in [1.165, 1.54) is 26.2 Å². The summed E-state index contributed by atoms with van der Waals surface area (Å²) in [5.74, 6) is -1.11. The van der Waals surface area contributed by atoms with Crippen molar-refractivity contribution in [3.8, 4) is 5.75 Å². The van der Waals surface area contributed by atoms with Crippen LogP contribution in [0.4, 0.5) is 4.39 Å². The molecule has 1 unspecified atom stereocenters. The zero-order chi connectivity index (χ0) is 19.1. The highest BCUT2D eigenvalue weighted by Crippen LogP contribution is 2.20. The molecule has 0 spiro atoms. The van der Waals surface area contributed by atoms with Crippen LogP contribution in [0.15, 0.2) is 42.5 Å². The molecule has 0 saturated heterocycles. The normalized spacial score (nSPS) is 11.5. The molecule has 0 aliphatic carbocycles. The topological polar surface area (TPSA) is 64.6 Å². The standard InChI is InChI=1S/C20H22FNO4/c1-13-4-7-16(8-5-13)18(22-14(2)23)11-20(24)26-12-15-6-9-19(25-3)17(21)10-15/h4-10,18H,11-12H2,1-3H3,(H,22,23). The summed E-state index contributed by atoms with van der Waals surface area (Å²) in [6.07, 6.45) is -0.0126.